The second-order valence-corrected chi connectivity index (χ2v) is 4.89. The van der Waals surface area contributed by atoms with E-state index in [-0.39, 0.29) is 19.0 Å². The number of hydrogen-bond acceptors (Lipinski definition) is 3. The molecule has 0 aliphatic rings. The number of hydrogen-bond donors (Lipinski definition) is 2. The van der Waals surface area contributed by atoms with Gasteiger partial charge in [-0.25, -0.2) is 0 Å². The molecule has 2 atom stereocenters. The minimum absolute atomic E-state index is 0. The van der Waals surface area contributed by atoms with Gasteiger partial charge >= 0.3 is 0 Å². The van der Waals surface area contributed by atoms with E-state index in [0.29, 0.717) is 12.5 Å². The van der Waals surface area contributed by atoms with Crippen LogP contribution in [-0.2, 0) is 0 Å². The molecule has 0 aromatic carbocycles. The molecule has 0 heterocycles. The molecule has 106 valence electrons. The van der Waals surface area contributed by atoms with E-state index in [4.69, 9.17) is 5.11 Å². The summed E-state index contributed by atoms with van der Waals surface area (Å²) in [5, 5.41) is 18.3. The summed E-state index contributed by atoms with van der Waals surface area (Å²) < 4.78 is 0. The highest BCUT2D eigenvalue weighted by Gasteiger charge is 2.15. The molecule has 0 radical (unpaired) electrons. The van der Waals surface area contributed by atoms with Crippen LogP contribution >= 0.6 is 12.4 Å². The maximum absolute atomic E-state index is 9.44. The summed E-state index contributed by atoms with van der Waals surface area (Å²) in [5.74, 6) is 0. The molecule has 17 heavy (non-hydrogen) atoms. The molecule has 0 rings (SSSR count). The molecule has 2 unspecified atom stereocenters. The first-order chi connectivity index (χ1) is 7.61. The van der Waals surface area contributed by atoms with Crippen LogP contribution in [0, 0.1) is 0 Å². The third kappa shape index (κ3) is 11.0. The zero-order chi connectivity index (χ0) is 12.4. The van der Waals surface area contributed by atoms with Gasteiger partial charge < -0.3 is 15.1 Å². The Balaban J connectivity index is 0. The fraction of sp³-hybridized carbons (Fsp3) is 1.00. The van der Waals surface area contributed by atoms with E-state index in [2.05, 4.69) is 11.8 Å². The number of aliphatic hydroxyl groups excluding tert-OH is 2. The van der Waals surface area contributed by atoms with Crippen molar-refractivity contribution in [1.29, 1.82) is 0 Å². The molecule has 0 saturated carbocycles. The predicted molar refractivity (Wildman–Crippen MR) is 75.8 cm³/mol. The molecule has 0 saturated heterocycles. The highest BCUT2D eigenvalue weighted by molar-refractivity contribution is 5.85. The highest BCUT2D eigenvalue weighted by atomic mass is 35.5. The predicted octanol–water partition coefficient (Wildman–Crippen LogP) is 2.44. The SMILES string of the molecule is CCCCCCCC(CC(O)CO)N(C)C.Cl. The van der Waals surface area contributed by atoms with E-state index in [0.717, 1.165) is 6.42 Å². The second-order valence-electron chi connectivity index (χ2n) is 4.89. The third-order valence-corrected chi connectivity index (χ3v) is 3.13. The maximum atomic E-state index is 9.44. The lowest BCUT2D eigenvalue weighted by Crippen LogP contribution is -2.33. The summed E-state index contributed by atoms with van der Waals surface area (Å²) in [7, 11) is 4.08. The van der Waals surface area contributed by atoms with E-state index in [1.807, 2.05) is 14.1 Å². The Morgan fingerprint density at radius 1 is 1.06 bits per heavy atom. The van der Waals surface area contributed by atoms with E-state index in [1.165, 1.54) is 32.1 Å². The van der Waals surface area contributed by atoms with Crippen LogP contribution in [0.25, 0.3) is 0 Å². The molecular weight excluding hydrogens is 238 g/mol. The Morgan fingerprint density at radius 2 is 1.65 bits per heavy atom. The number of nitrogens with zero attached hydrogens (tertiary/aromatic N) is 1. The Bertz CT molecular complexity index is 156. The van der Waals surface area contributed by atoms with Gasteiger partial charge in [0.1, 0.15) is 0 Å². The van der Waals surface area contributed by atoms with Gasteiger partial charge in [-0.1, -0.05) is 39.0 Å². The van der Waals surface area contributed by atoms with Gasteiger partial charge in [0.15, 0.2) is 0 Å². The maximum Gasteiger partial charge on any atom is 0.0785 e. The summed E-state index contributed by atoms with van der Waals surface area (Å²) in [6.45, 7) is 2.10. The van der Waals surface area contributed by atoms with Gasteiger partial charge in [0, 0.05) is 6.04 Å². The summed E-state index contributed by atoms with van der Waals surface area (Å²) in [5.41, 5.74) is 0. The zero-order valence-corrected chi connectivity index (χ0v) is 12.4. The normalized spacial score (nSPS) is 14.5. The van der Waals surface area contributed by atoms with Crippen molar-refractivity contribution in [3.05, 3.63) is 0 Å². The molecule has 0 aliphatic heterocycles. The molecule has 2 N–H and O–H groups in total. The van der Waals surface area contributed by atoms with Crippen molar-refractivity contribution in [2.75, 3.05) is 20.7 Å². The van der Waals surface area contributed by atoms with Crippen LogP contribution < -0.4 is 0 Å². The summed E-state index contributed by atoms with van der Waals surface area (Å²) in [4.78, 5) is 2.15. The lowest BCUT2D eigenvalue weighted by molar-refractivity contribution is 0.0634. The molecule has 3 nitrogen and oxygen atoms in total. The highest BCUT2D eigenvalue weighted by Crippen LogP contribution is 2.14. The summed E-state index contributed by atoms with van der Waals surface area (Å²) in [6.07, 6.45) is 7.66. The average Bonchev–Trinajstić information content (AvgIpc) is 2.26. The fourth-order valence-electron chi connectivity index (χ4n) is 1.96. The number of rotatable bonds is 10. The number of unbranched alkanes of at least 4 members (excludes halogenated alkanes) is 4. The van der Waals surface area contributed by atoms with E-state index < -0.39 is 6.10 Å². The molecule has 0 aromatic rings. The Labute approximate surface area is 113 Å². The quantitative estimate of drug-likeness (QED) is 0.598. The van der Waals surface area contributed by atoms with Crippen molar-refractivity contribution in [1.82, 2.24) is 4.90 Å². The van der Waals surface area contributed by atoms with Crippen molar-refractivity contribution < 1.29 is 10.2 Å². The molecule has 0 bridgehead atoms. The molecule has 0 amide bonds. The molecule has 0 aliphatic carbocycles. The topological polar surface area (TPSA) is 43.7 Å². The minimum Gasteiger partial charge on any atom is -0.394 e. The Kier molecular flexibility index (Phi) is 14.5. The Morgan fingerprint density at radius 3 is 2.12 bits per heavy atom. The second kappa shape index (κ2) is 12.6. The lowest BCUT2D eigenvalue weighted by Gasteiger charge is -2.26. The largest absolute Gasteiger partial charge is 0.394 e. The van der Waals surface area contributed by atoms with Crippen LogP contribution in [-0.4, -0.2) is 48.0 Å². The third-order valence-electron chi connectivity index (χ3n) is 3.13. The lowest BCUT2D eigenvalue weighted by atomic mass is 10.0. The first-order valence-electron chi connectivity index (χ1n) is 6.57. The first-order valence-corrected chi connectivity index (χ1v) is 6.57. The van der Waals surface area contributed by atoms with Crippen molar-refractivity contribution in [2.24, 2.45) is 0 Å². The van der Waals surface area contributed by atoms with Gasteiger partial charge in [-0.3, -0.25) is 0 Å². The first kappa shape index (κ1) is 19.5. The minimum atomic E-state index is -0.567. The van der Waals surface area contributed by atoms with Crippen LogP contribution in [0.15, 0.2) is 0 Å². The van der Waals surface area contributed by atoms with Crippen LogP contribution in [0.2, 0.25) is 0 Å². The smallest absolute Gasteiger partial charge is 0.0785 e. The average molecular weight is 268 g/mol. The standard InChI is InChI=1S/C13H29NO2.ClH/c1-4-5-6-7-8-9-12(14(2)3)10-13(16)11-15;/h12-13,15-16H,4-11H2,1-3H3;1H. The van der Waals surface area contributed by atoms with Gasteiger partial charge in [0.2, 0.25) is 0 Å². The van der Waals surface area contributed by atoms with Crippen molar-refractivity contribution in [3.8, 4) is 0 Å². The van der Waals surface area contributed by atoms with E-state index >= 15 is 0 Å². The number of halogens is 1. The van der Waals surface area contributed by atoms with Crippen LogP contribution in [0.1, 0.15) is 51.9 Å². The van der Waals surface area contributed by atoms with E-state index in [9.17, 15) is 5.11 Å². The number of aliphatic hydroxyl groups is 2. The monoisotopic (exact) mass is 267 g/mol. The van der Waals surface area contributed by atoms with Crippen molar-refractivity contribution in [2.45, 2.75) is 64.0 Å². The van der Waals surface area contributed by atoms with Gasteiger partial charge in [-0.05, 0) is 26.9 Å². The molecule has 0 spiro atoms. The molecule has 0 aromatic heterocycles. The zero-order valence-electron chi connectivity index (χ0n) is 11.6. The van der Waals surface area contributed by atoms with Crippen molar-refractivity contribution in [3.63, 3.8) is 0 Å². The molecule has 0 fully saturated rings. The van der Waals surface area contributed by atoms with Crippen LogP contribution in [0.4, 0.5) is 0 Å². The fourth-order valence-corrected chi connectivity index (χ4v) is 1.96. The van der Waals surface area contributed by atoms with Crippen LogP contribution in [0.3, 0.4) is 0 Å². The van der Waals surface area contributed by atoms with Crippen molar-refractivity contribution >= 4 is 12.4 Å². The van der Waals surface area contributed by atoms with Crippen LogP contribution in [0.5, 0.6) is 0 Å². The summed E-state index contributed by atoms with van der Waals surface area (Å²) in [6, 6.07) is 0.392. The summed E-state index contributed by atoms with van der Waals surface area (Å²) >= 11 is 0. The van der Waals surface area contributed by atoms with Gasteiger partial charge in [-0.2, -0.15) is 0 Å². The van der Waals surface area contributed by atoms with E-state index in [1.54, 1.807) is 0 Å². The molecule has 4 heteroatoms. The molecular formula is C13H30ClNO2. The van der Waals surface area contributed by atoms with Gasteiger partial charge in [0.05, 0.1) is 12.7 Å². The van der Waals surface area contributed by atoms with Gasteiger partial charge in [0.25, 0.3) is 0 Å². The van der Waals surface area contributed by atoms with Gasteiger partial charge in [-0.15, -0.1) is 12.4 Å². The Hall–Kier alpha value is 0.170.